The summed E-state index contributed by atoms with van der Waals surface area (Å²) in [4.78, 5) is 149. The van der Waals surface area contributed by atoms with Crippen molar-refractivity contribution in [1.29, 1.82) is 0 Å². The molecule has 1 aromatic rings. The molecule has 3 aliphatic rings. The summed E-state index contributed by atoms with van der Waals surface area (Å²) in [5.41, 5.74) is 16.8. The highest BCUT2D eigenvalue weighted by atomic mass is 32.2. The fraction of sp³-hybridized carbons (Fsp3) is 0.653. The van der Waals surface area contributed by atoms with Crippen LogP contribution in [0, 0.1) is 23.7 Å². The number of carbonyl (C=O) groups is 11. The van der Waals surface area contributed by atoms with Crippen molar-refractivity contribution in [3.63, 3.8) is 0 Å². The van der Waals surface area contributed by atoms with Crippen LogP contribution in [-0.4, -0.2) is 131 Å². The molecule has 0 radical (unpaired) electrons. The molecule has 0 unspecified atom stereocenters. The van der Waals surface area contributed by atoms with E-state index in [1.807, 2.05) is 0 Å². The van der Waals surface area contributed by atoms with Crippen molar-refractivity contribution in [1.82, 2.24) is 26.2 Å². The normalized spacial score (nSPS) is 24.0. The molecule has 0 bridgehead atoms. The van der Waals surface area contributed by atoms with Gasteiger partial charge < -0.3 is 48.5 Å². The second kappa shape index (κ2) is 27.5. The monoisotopic (exact) mass is 1030 g/mol. The molecule has 1 aromatic carbocycles. The molecule has 23 heteroatoms. The highest BCUT2D eigenvalue weighted by molar-refractivity contribution is 7.91. The topological polar surface area (TPSA) is 372 Å². The Morgan fingerprint density at radius 2 is 1.40 bits per heavy atom. The lowest BCUT2D eigenvalue weighted by Gasteiger charge is -2.32. The summed E-state index contributed by atoms with van der Waals surface area (Å²) in [6.07, 6.45) is 0.542. The summed E-state index contributed by atoms with van der Waals surface area (Å²) in [5.74, 6) is -13.8. The molecule has 2 aliphatic carbocycles. The van der Waals surface area contributed by atoms with Crippen LogP contribution in [0.15, 0.2) is 24.3 Å². The van der Waals surface area contributed by atoms with E-state index >= 15 is 0 Å². The van der Waals surface area contributed by atoms with Crippen LogP contribution in [-0.2, 0) is 69.0 Å². The fourth-order valence-electron chi connectivity index (χ4n) is 9.21. The predicted molar refractivity (Wildman–Crippen MR) is 260 cm³/mol. The maximum absolute atomic E-state index is 14.7. The summed E-state index contributed by atoms with van der Waals surface area (Å²) in [5, 5.41) is 20.4. The SMILES string of the molecule is CC[C@H](C)[C@@H]1CC(=O)[C@H](Cc2ccc(O)cc2)NC(=O)CCS(=O)(=O)CC[C@@H](C(=O)N(CC(=O)N[C@H](C(=O)CCC(N)=O)C2CCCCC2)C2CC2)NC(=O)[C@H](CC(N)=O)CC(=O)[C@H](CCC(N)=O)NC1=O. The highest BCUT2D eigenvalue weighted by Crippen LogP contribution is 2.30. The third-order valence-electron chi connectivity index (χ3n) is 13.8. The predicted octanol–water partition coefficient (Wildman–Crippen LogP) is -0.174. The van der Waals surface area contributed by atoms with Crippen LogP contribution in [0.3, 0.4) is 0 Å². The molecule has 7 atom stereocenters. The van der Waals surface area contributed by atoms with E-state index in [4.69, 9.17) is 17.2 Å². The van der Waals surface area contributed by atoms with Crippen molar-refractivity contribution >= 4 is 74.4 Å². The van der Waals surface area contributed by atoms with Gasteiger partial charge in [-0.15, -0.1) is 0 Å². The first-order chi connectivity index (χ1) is 34.0. The van der Waals surface area contributed by atoms with Crippen molar-refractivity contribution < 1.29 is 66.3 Å². The van der Waals surface area contributed by atoms with Gasteiger partial charge in [-0.1, -0.05) is 51.7 Å². The number of benzene rings is 1. The summed E-state index contributed by atoms with van der Waals surface area (Å²) >= 11 is 0. The zero-order valence-electron chi connectivity index (χ0n) is 41.2. The van der Waals surface area contributed by atoms with E-state index in [2.05, 4.69) is 21.3 Å². The lowest BCUT2D eigenvalue weighted by molar-refractivity contribution is -0.142. The number of amides is 8. The Kier molecular flexibility index (Phi) is 22.3. The number of nitrogens with two attached hydrogens (primary N) is 3. The van der Waals surface area contributed by atoms with Crippen LogP contribution in [0.4, 0.5) is 0 Å². The van der Waals surface area contributed by atoms with Crippen LogP contribution in [0.5, 0.6) is 5.75 Å². The standard InChI is InChI=1S/C49H72N8O14S/c1-3-28(2)34-26-40(61)37(23-29-9-13-33(58)14-10-29)53-44(65)20-22-72(70,71)21-19-36(55-47(67)31(25-43(52)64)24-39(60)35(54-48(34)68)15-17-41(50)62)49(69)57(32-11-12-32)27-45(66)56-46(30-7-5-4-6-8-30)38(59)16-18-42(51)63/h9-10,13-14,28,30-32,34-37,46,58H,3-8,11-12,15-27H2,1-2H3,(H2,50,62)(H2,51,63)(H2,52,64)(H,53,65)(H,54,68)(H,55,67)(H,56,66)/t28-,31-,34-,35-,36-,37-,46-/m0/s1. The second-order valence-corrected chi connectivity index (χ2v) is 21.9. The van der Waals surface area contributed by atoms with Crippen LogP contribution in [0.25, 0.3) is 0 Å². The molecule has 4 rings (SSSR count). The molecule has 0 spiro atoms. The van der Waals surface area contributed by atoms with Gasteiger partial charge in [0.2, 0.25) is 47.3 Å². The minimum absolute atomic E-state index is 0.0643. The summed E-state index contributed by atoms with van der Waals surface area (Å²) in [6.45, 7) is 2.85. The van der Waals surface area contributed by atoms with E-state index in [0.717, 1.165) is 24.2 Å². The smallest absolute Gasteiger partial charge is 0.245 e. The number of ketones is 3. The fourth-order valence-corrected chi connectivity index (χ4v) is 10.5. The number of phenols is 1. The highest BCUT2D eigenvalue weighted by Gasteiger charge is 2.41. The molecule has 0 aromatic heterocycles. The maximum Gasteiger partial charge on any atom is 0.245 e. The number of hydrogen-bond donors (Lipinski definition) is 8. The van der Waals surface area contributed by atoms with Gasteiger partial charge in [0, 0.05) is 56.9 Å². The van der Waals surface area contributed by atoms with Gasteiger partial charge in [-0.05, 0) is 74.5 Å². The molecule has 8 amide bonds. The van der Waals surface area contributed by atoms with Crippen molar-refractivity contribution in [3.8, 4) is 5.75 Å². The number of carbonyl (C=O) groups excluding carboxylic acids is 11. The first-order valence-electron chi connectivity index (χ1n) is 24.9. The van der Waals surface area contributed by atoms with E-state index in [-0.39, 0.29) is 37.4 Å². The molecule has 1 aliphatic heterocycles. The molecular formula is C49H72N8O14S. The lowest BCUT2D eigenvalue weighted by Crippen LogP contribution is -2.55. The molecule has 1 saturated heterocycles. The van der Waals surface area contributed by atoms with Crippen LogP contribution in [0.2, 0.25) is 0 Å². The second-order valence-electron chi connectivity index (χ2n) is 19.6. The number of rotatable bonds is 19. The van der Waals surface area contributed by atoms with E-state index in [9.17, 15) is 66.3 Å². The Hall–Kier alpha value is -6.26. The van der Waals surface area contributed by atoms with Gasteiger partial charge in [-0.25, -0.2) is 8.42 Å². The van der Waals surface area contributed by atoms with Crippen molar-refractivity contribution in [2.45, 2.75) is 160 Å². The van der Waals surface area contributed by atoms with Gasteiger partial charge in [0.25, 0.3) is 0 Å². The minimum atomic E-state index is -4.24. The molecule has 22 nitrogen and oxygen atoms in total. The third-order valence-corrected chi connectivity index (χ3v) is 15.5. The summed E-state index contributed by atoms with van der Waals surface area (Å²) in [7, 11) is -4.24. The quantitative estimate of drug-likeness (QED) is 0.0892. The van der Waals surface area contributed by atoms with Gasteiger partial charge in [-0.2, -0.15) is 0 Å². The molecule has 1 heterocycles. The van der Waals surface area contributed by atoms with Crippen molar-refractivity contribution in [2.75, 3.05) is 18.1 Å². The Morgan fingerprint density at radius 1 is 0.764 bits per heavy atom. The molecule has 398 valence electrons. The number of hydrogen-bond acceptors (Lipinski definition) is 14. The molecule has 11 N–H and O–H groups in total. The van der Waals surface area contributed by atoms with E-state index in [1.54, 1.807) is 13.8 Å². The van der Waals surface area contributed by atoms with Crippen LogP contribution >= 0.6 is 0 Å². The third kappa shape index (κ3) is 19.1. The summed E-state index contributed by atoms with van der Waals surface area (Å²) < 4.78 is 27.4. The molecule has 72 heavy (non-hydrogen) atoms. The van der Waals surface area contributed by atoms with E-state index < -0.39 is 179 Å². The first-order valence-corrected chi connectivity index (χ1v) is 26.7. The average Bonchev–Trinajstić information content (AvgIpc) is 4.18. The largest absolute Gasteiger partial charge is 0.508 e. The van der Waals surface area contributed by atoms with Gasteiger partial charge >= 0.3 is 0 Å². The average molecular weight is 1030 g/mol. The molecular weight excluding hydrogens is 957 g/mol. The van der Waals surface area contributed by atoms with Crippen molar-refractivity contribution in [2.24, 2.45) is 40.9 Å². The van der Waals surface area contributed by atoms with E-state index in [1.165, 1.54) is 24.3 Å². The Bertz CT molecular complexity index is 2280. The Balaban J connectivity index is 1.72. The Labute approximate surface area is 419 Å². The van der Waals surface area contributed by atoms with Crippen LogP contribution < -0.4 is 38.5 Å². The van der Waals surface area contributed by atoms with Gasteiger partial charge in [0.05, 0.1) is 42.1 Å². The number of phenolic OH excluding ortho intramolecular Hbond substituents is 1. The number of aromatic hydroxyl groups is 1. The minimum Gasteiger partial charge on any atom is -0.508 e. The number of nitrogens with zero attached hydrogens (tertiary/aromatic N) is 1. The number of nitrogens with one attached hydrogen (secondary N) is 4. The molecule has 2 saturated carbocycles. The van der Waals surface area contributed by atoms with Gasteiger partial charge in [-0.3, -0.25) is 52.7 Å². The molecule has 3 fully saturated rings. The van der Waals surface area contributed by atoms with Gasteiger partial charge in [0.1, 0.15) is 11.8 Å². The maximum atomic E-state index is 14.7. The number of primary amides is 3. The van der Waals surface area contributed by atoms with E-state index in [0.29, 0.717) is 37.7 Å². The number of sulfone groups is 1. The zero-order valence-corrected chi connectivity index (χ0v) is 42.0. The Morgan fingerprint density at radius 3 is 2.00 bits per heavy atom. The van der Waals surface area contributed by atoms with Crippen molar-refractivity contribution in [3.05, 3.63) is 29.8 Å². The first kappa shape index (κ1) is 58.3. The van der Waals surface area contributed by atoms with Gasteiger partial charge in [0.15, 0.2) is 27.2 Å². The number of Topliss-reactive ketones (excluding diaryl/α,β-unsaturated/α-hetero) is 3. The lowest BCUT2D eigenvalue weighted by atomic mass is 9.81. The summed E-state index contributed by atoms with van der Waals surface area (Å²) in [6, 6.07) is -0.201. The zero-order chi connectivity index (χ0) is 53.3. The van der Waals surface area contributed by atoms with Crippen LogP contribution in [0.1, 0.15) is 129 Å².